The van der Waals surface area contributed by atoms with Crippen molar-refractivity contribution in [3.63, 3.8) is 0 Å². The molecule has 0 spiro atoms. The average Bonchev–Trinajstić information content (AvgIpc) is 2.71. The first kappa shape index (κ1) is 21.7. The zero-order chi connectivity index (χ0) is 21.4. The van der Waals surface area contributed by atoms with Gasteiger partial charge >= 0.3 is 0 Å². The van der Waals surface area contributed by atoms with E-state index in [4.69, 9.17) is 14.2 Å². The Labute approximate surface area is 168 Å². The minimum absolute atomic E-state index is 0.0812. The highest BCUT2D eigenvalue weighted by atomic mass is 16.6. The summed E-state index contributed by atoms with van der Waals surface area (Å²) in [6.07, 6.45) is 1.50. The molecule has 0 saturated carbocycles. The maximum Gasteiger partial charge on any atom is 0.211 e. The maximum atomic E-state index is 12.8. The number of rotatable bonds is 11. The van der Waals surface area contributed by atoms with E-state index < -0.39 is 17.4 Å². The maximum absolute atomic E-state index is 12.8. The molecule has 2 aromatic carbocycles. The zero-order valence-corrected chi connectivity index (χ0v) is 16.3. The van der Waals surface area contributed by atoms with Gasteiger partial charge in [0.2, 0.25) is 6.54 Å². The first-order valence-corrected chi connectivity index (χ1v) is 8.83. The second-order valence-corrected chi connectivity index (χ2v) is 6.24. The first-order chi connectivity index (χ1) is 13.9. The molecule has 2 aromatic rings. The van der Waals surface area contributed by atoms with Crippen LogP contribution in [0.5, 0.6) is 23.0 Å². The largest absolute Gasteiger partial charge is 0.504 e. The molecule has 1 unspecified atom stereocenters. The molecular formula is C21H23NO7. The Morgan fingerprint density at radius 1 is 1.17 bits per heavy atom. The van der Waals surface area contributed by atoms with Crippen LogP contribution in [0.4, 0.5) is 0 Å². The number of ketones is 1. The molecule has 29 heavy (non-hydrogen) atoms. The van der Waals surface area contributed by atoms with Gasteiger partial charge in [0, 0.05) is 16.9 Å². The molecule has 0 saturated heterocycles. The highest BCUT2D eigenvalue weighted by molar-refractivity contribution is 5.97. The topological polar surface area (TPSA) is 108 Å². The summed E-state index contributed by atoms with van der Waals surface area (Å²) in [5, 5.41) is 20.9. The van der Waals surface area contributed by atoms with E-state index in [1.807, 2.05) is 0 Å². The summed E-state index contributed by atoms with van der Waals surface area (Å²) in [6, 6.07) is 9.18. The quantitative estimate of drug-likeness (QED) is 0.265. The molecule has 0 radical (unpaired) electrons. The summed E-state index contributed by atoms with van der Waals surface area (Å²) in [5.74, 6) is -0.00740. The van der Waals surface area contributed by atoms with Crippen LogP contribution in [0.2, 0.25) is 0 Å². The van der Waals surface area contributed by atoms with Gasteiger partial charge in [-0.25, -0.2) is 0 Å². The number of ether oxygens (including phenoxy) is 3. The molecule has 0 bridgehead atoms. The first-order valence-electron chi connectivity index (χ1n) is 8.83. The lowest BCUT2D eigenvalue weighted by Crippen LogP contribution is -2.17. The number of phenolic OH excluding ortho intramolecular Hbond substituents is 1. The van der Waals surface area contributed by atoms with Crippen molar-refractivity contribution in [2.45, 2.75) is 12.3 Å². The van der Waals surface area contributed by atoms with Crippen LogP contribution in [-0.4, -0.2) is 43.2 Å². The van der Waals surface area contributed by atoms with Crippen LogP contribution in [0.15, 0.2) is 49.1 Å². The fourth-order valence-corrected chi connectivity index (χ4v) is 2.87. The molecule has 8 nitrogen and oxygen atoms in total. The smallest absolute Gasteiger partial charge is 0.211 e. The van der Waals surface area contributed by atoms with E-state index in [1.54, 1.807) is 30.3 Å². The van der Waals surface area contributed by atoms with Crippen LogP contribution in [0, 0.1) is 10.1 Å². The Bertz CT molecular complexity index is 895. The highest BCUT2D eigenvalue weighted by Gasteiger charge is 2.24. The van der Waals surface area contributed by atoms with E-state index in [2.05, 4.69) is 6.58 Å². The van der Waals surface area contributed by atoms with E-state index in [1.165, 1.54) is 26.4 Å². The molecule has 0 heterocycles. The number of carbonyl (C=O) groups excluding carboxylic acids is 1. The van der Waals surface area contributed by atoms with Crippen molar-refractivity contribution < 1.29 is 29.0 Å². The van der Waals surface area contributed by atoms with E-state index in [-0.39, 0.29) is 30.3 Å². The number of hydrogen-bond donors (Lipinski definition) is 1. The fourth-order valence-electron chi connectivity index (χ4n) is 2.87. The second kappa shape index (κ2) is 10.1. The molecule has 2 rings (SSSR count). The van der Waals surface area contributed by atoms with Crippen LogP contribution in [0.1, 0.15) is 28.3 Å². The lowest BCUT2D eigenvalue weighted by atomic mass is 9.91. The molecule has 0 aliphatic heterocycles. The summed E-state index contributed by atoms with van der Waals surface area (Å²) in [7, 11) is 2.84. The van der Waals surface area contributed by atoms with Crippen LogP contribution in [-0.2, 0) is 0 Å². The SMILES string of the molecule is C=CCOc1ccc(C(=O)CC(C[N+](=O)[O-])c2ccc(O)c(OC)c2)cc1OC. The van der Waals surface area contributed by atoms with Gasteiger partial charge in [0.05, 0.1) is 20.1 Å². The van der Waals surface area contributed by atoms with Crippen LogP contribution < -0.4 is 14.2 Å². The van der Waals surface area contributed by atoms with Gasteiger partial charge in [-0.15, -0.1) is 0 Å². The summed E-state index contributed by atoms with van der Waals surface area (Å²) in [4.78, 5) is 23.5. The third-order valence-electron chi connectivity index (χ3n) is 4.32. The second-order valence-electron chi connectivity index (χ2n) is 6.24. The molecule has 0 aliphatic rings. The van der Waals surface area contributed by atoms with Gasteiger partial charge in [-0.2, -0.15) is 0 Å². The molecule has 154 valence electrons. The van der Waals surface area contributed by atoms with Gasteiger partial charge in [-0.05, 0) is 35.9 Å². The van der Waals surface area contributed by atoms with Gasteiger partial charge in [0.15, 0.2) is 28.8 Å². The third kappa shape index (κ3) is 5.71. The van der Waals surface area contributed by atoms with E-state index in [0.29, 0.717) is 22.6 Å². The van der Waals surface area contributed by atoms with Crippen molar-refractivity contribution in [3.05, 3.63) is 70.3 Å². The summed E-state index contributed by atoms with van der Waals surface area (Å²) in [6.45, 7) is 3.44. The standard InChI is InChI=1S/C21H23NO7/c1-4-9-29-19-8-6-15(12-21(19)28-3)18(24)10-16(13-22(25)26)14-5-7-17(23)20(11-14)27-2/h4-8,11-12,16,23H,1,9-10,13H2,2-3H3. The van der Waals surface area contributed by atoms with Crippen LogP contribution in [0.3, 0.4) is 0 Å². The predicted molar refractivity (Wildman–Crippen MR) is 107 cm³/mol. The van der Waals surface area contributed by atoms with Crippen molar-refractivity contribution in [1.29, 1.82) is 0 Å². The van der Waals surface area contributed by atoms with Gasteiger partial charge in [-0.3, -0.25) is 14.9 Å². The van der Waals surface area contributed by atoms with Crippen LogP contribution >= 0.6 is 0 Å². The average molecular weight is 401 g/mol. The van der Waals surface area contributed by atoms with E-state index >= 15 is 0 Å². The molecule has 1 N–H and O–H groups in total. The molecule has 8 heteroatoms. The molecule has 0 aromatic heterocycles. The monoisotopic (exact) mass is 401 g/mol. The minimum Gasteiger partial charge on any atom is -0.504 e. The summed E-state index contributed by atoms with van der Waals surface area (Å²) >= 11 is 0. The Balaban J connectivity index is 2.28. The van der Waals surface area contributed by atoms with Gasteiger partial charge in [0.1, 0.15) is 6.61 Å². The van der Waals surface area contributed by atoms with Crippen molar-refractivity contribution in [3.8, 4) is 23.0 Å². The third-order valence-corrected chi connectivity index (χ3v) is 4.32. The van der Waals surface area contributed by atoms with Gasteiger partial charge < -0.3 is 19.3 Å². The number of carbonyl (C=O) groups is 1. The summed E-state index contributed by atoms with van der Waals surface area (Å²) < 4.78 is 15.8. The van der Waals surface area contributed by atoms with Crippen molar-refractivity contribution in [1.82, 2.24) is 0 Å². The fraction of sp³-hybridized carbons (Fsp3) is 0.286. The van der Waals surface area contributed by atoms with Crippen molar-refractivity contribution in [2.24, 2.45) is 0 Å². The number of benzene rings is 2. The zero-order valence-electron chi connectivity index (χ0n) is 16.3. The van der Waals surface area contributed by atoms with Gasteiger partial charge in [-0.1, -0.05) is 18.7 Å². The lowest BCUT2D eigenvalue weighted by Gasteiger charge is -2.15. The number of methoxy groups -OCH3 is 2. The number of nitro groups is 1. The van der Waals surface area contributed by atoms with Gasteiger partial charge in [0.25, 0.3) is 0 Å². The number of aromatic hydroxyl groups is 1. The Hall–Kier alpha value is -3.55. The lowest BCUT2D eigenvalue weighted by molar-refractivity contribution is -0.483. The number of nitrogens with zero attached hydrogens (tertiary/aromatic N) is 1. The number of phenols is 1. The van der Waals surface area contributed by atoms with Crippen molar-refractivity contribution >= 4 is 5.78 Å². The summed E-state index contributed by atoms with van der Waals surface area (Å²) in [5.41, 5.74) is 0.884. The van der Waals surface area contributed by atoms with E-state index in [0.717, 1.165) is 0 Å². The molecule has 0 fully saturated rings. The van der Waals surface area contributed by atoms with E-state index in [9.17, 15) is 20.0 Å². The Morgan fingerprint density at radius 3 is 2.52 bits per heavy atom. The normalized spacial score (nSPS) is 11.4. The van der Waals surface area contributed by atoms with Crippen LogP contribution in [0.25, 0.3) is 0 Å². The molecule has 1 atom stereocenters. The highest BCUT2D eigenvalue weighted by Crippen LogP contribution is 2.33. The Morgan fingerprint density at radius 2 is 1.90 bits per heavy atom. The number of Topliss-reactive ketones (excluding diaryl/α,β-unsaturated/α-hetero) is 1. The number of hydrogen-bond acceptors (Lipinski definition) is 7. The molecule has 0 aliphatic carbocycles. The predicted octanol–water partition coefficient (Wildman–Crippen LogP) is 3.61. The molecule has 0 amide bonds. The van der Waals surface area contributed by atoms with Crippen molar-refractivity contribution in [2.75, 3.05) is 27.4 Å². The molecular weight excluding hydrogens is 378 g/mol. The Kier molecular flexibility index (Phi) is 7.59. The minimum atomic E-state index is -0.685.